The quantitative estimate of drug-likeness (QED) is 0.909. The summed E-state index contributed by atoms with van der Waals surface area (Å²) in [6, 6.07) is 7.27. The molecule has 4 nitrogen and oxygen atoms in total. The summed E-state index contributed by atoms with van der Waals surface area (Å²) in [7, 11) is 0. The van der Waals surface area contributed by atoms with E-state index >= 15 is 0 Å². The van der Waals surface area contributed by atoms with Gasteiger partial charge in [0.15, 0.2) is 0 Å². The van der Waals surface area contributed by atoms with Crippen LogP contribution in [0.1, 0.15) is 33.1 Å². The van der Waals surface area contributed by atoms with Crippen molar-refractivity contribution in [2.24, 2.45) is 5.92 Å². The number of anilines is 1. The molecule has 1 fully saturated rings. The highest BCUT2D eigenvalue weighted by molar-refractivity contribution is 6.30. The summed E-state index contributed by atoms with van der Waals surface area (Å²) in [5, 5.41) is 3.62. The molecule has 1 aromatic carbocycles. The predicted octanol–water partition coefficient (Wildman–Crippen LogP) is 3.00. The molecule has 2 rings (SSSR count). The van der Waals surface area contributed by atoms with Crippen LogP contribution in [0.4, 0.5) is 5.69 Å². The number of halogens is 1. The fourth-order valence-corrected chi connectivity index (χ4v) is 2.75. The van der Waals surface area contributed by atoms with Crippen molar-refractivity contribution in [3.8, 4) is 0 Å². The Kier molecular flexibility index (Phi) is 5.23. The van der Waals surface area contributed by atoms with E-state index in [0.717, 1.165) is 18.5 Å². The molecule has 2 amide bonds. The van der Waals surface area contributed by atoms with Gasteiger partial charge in [-0.3, -0.25) is 9.59 Å². The van der Waals surface area contributed by atoms with Gasteiger partial charge in [0.25, 0.3) is 0 Å². The minimum absolute atomic E-state index is 0.0133. The number of benzene rings is 1. The fourth-order valence-electron chi connectivity index (χ4n) is 2.62. The number of hydrogen-bond donors (Lipinski definition) is 1. The third-order valence-corrected chi connectivity index (χ3v) is 4.00. The Balaban J connectivity index is 1.99. The second-order valence-electron chi connectivity index (χ2n) is 5.58. The molecular formula is C16H21ClN2O2. The zero-order valence-electron chi connectivity index (χ0n) is 12.4. The summed E-state index contributed by atoms with van der Waals surface area (Å²) in [5.74, 6) is -0.311. The minimum Gasteiger partial charge on any atom is -0.353 e. The largest absolute Gasteiger partial charge is 0.353 e. The normalized spacial score (nSPS) is 19.7. The first-order valence-electron chi connectivity index (χ1n) is 7.37. The van der Waals surface area contributed by atoms with Gasteiger partial charge >= 0.3 is 0 Å². The van der Waals surface area contributed by atoms with Crippen molar-refractivity contribution in [1.29, 1.82) is 0 Å². The standard InChI is InChI=1S/C16H21ClN2O2/c1-3-4-11(2)18-16(21)12-9-15(20)19(10-12)14-7-5-13(17)6-8-14/h5-8,11-12H,3-4,9-10H2,1-2H3,(H,18,21)/t11-,12-/m1/s1. The van der Waals surface area contributed by atoms with E-state index in [-0.39, 0.29) is 30.2 Å². The van der Waals surface area contributed by atoms with Crippen molar-refractivity contribution in [2.45, 2.75) is 39.2 Å². The first kappa shape index (κ1) is 15.8. The van der Waals surface area contributed by atoms with Crippen LogP contribution >= 0.6 is 11.6 Å². The third-order valence-electron chi connectivity index (χ3n) is 3.74. The van der Waals surface area contributed by atoms with Crippen LogP contribution in [0.2, 0.25) is 5.02 Å². The maximum absolute atomic E-state index is 12.2. The van der Waals surface area contributed by atoms with Gasteiger partial charge in [0.2, 0.25) is 11.8 Å². The molecule has 0 unspecified atom stereocenters. The Morgan fingerprint density at radius 1 is 1.43 bits per heavy atom. The highest BCUT2D eigenvalue weighted by Gasteiger charge is 2.35. The van der Waals surface area contributed by atoms with Crippen molar-refractivity contribution in [2.75, 3.05) is 11.4 Å². The topological polar surface area (TPSA) is 49.4 Å². The minimum atomic E-state index is -0.271. The first-order valence-corrected chi connectivity index (χ1v) is 7.75. The van der Waals surface area contributed by atoms with Gasteiger partial charge in [-0.2, -0.15) is 0 Å². The lowest BCUT2D eigenvalue weighted by molar-refractivity contribution is -0.126. The van der Waals surface area contributed by atoms with Gasteiger partial charge in [-0.1, -0.05) is 24.9 Å². The smallest absolute Gasteiger partial charge is 0.227 e. The molecule has 0 aliphatic carbocycles. The molecule has 2 atom stereocenters. The van der Waals surface area contributed by atoms with Crippen molar-refractivity contribution in [1.82, 2.24) is 5.32 Å². The van der Waals surface area contributed by atoms with Crippen molar-refractivity contribution < 1.29 is 9.59 Å². The molecule has 0 saturated carbocycles. The monoisotopic (exact) mass is 308 g/mol. The summed E-state index contributed by atoms with van der Waals surface area (Å²) >= 11 is 5.85. The molecule has 1 aliphatic rings. The SMILES string of the molecule is CCC[C@@H](C)NC(=O)[C@@H]1CC(=O)N(c2ccc(Cl)cc2)C1. The van der Waals surface area contributed by atoms with Gasteiger partial charge in [0.1, 0.15) is 0 Å². The van der Waals surface area contributed by atoms with E-state index in [9.17, 15) is 9.59 Å². The van der Waals surface area contributed by atoms with E-state index in [1.807, 2.05) is 6.92 Å². The predicted molar refractivity (Wildman–Crippen MR) is 84.4 cm³/mol. The second kappa shape index (κ2) is 6.94. The van der Waals surface area contributed by atoms with Crippen LogP contribution < -0.4 is 10.2 Å². The number of carbonyl (C=O) groups excluding carboxylic acids is 2. The van der Waals surface area contributed by atoms with Crippen LogP contribution in [0.25, 0.3) is 0 Å². The molecule has 1 aromatic rings. The van der Waals surface area contributed by atoms with Crippen LogP contribution in [-0.4, -0.2) is 24.4 Å². The Morgan fingerprint density at radius 3 is 2.71 bits per heavy atom. The maximum atomic E-state index is 12.2. The van der Waals surface area contributed by atoms with Gasteiger partial charge in [0.05, 0.1) is 5.92 Å². The molecule has 1 saturated heterocycles. The van der Waals surface area contributed by atoms with Gasteiger partial charge in [-0.15, -0.1) is 0 Å². The molecule has 0 bridgehead atoms. The lowest BCUT2D eigenvalue weighted by atomic mass is 10.1. The molecule has 1 aliphatic heterocycles. The third kappa shape index (κ3) is 3.97. The Morgan fingerprint density at radius 2 is 2.10 bits per heavy atom. The number of carbonyl (C=O) groups is 2. The van der Waals surface area contributed by atoms with E-state index in [4.69, 9.17) is 11.6 Å². The van der Waals surface area contributed by atoms with Crippen molar-refractivity contribution >= 4 is 29.1 Å². The lowest BCUT2D eigenvalue weighted by Crippen LogP contribution is -2.38. The molecule has 114 valence electrons. The van der Waals surface area contributed by atoms with Crippen LogP contribution in [0.3, 0.4) is 0 Å². The Hall–Kier alpha value is -1.55. The molecular weight excluding hydrogens is 288 g/mol. The molecule has 0 aromatic heterocycles. The zero-order chi connectivity index (χ0) is 15.4. The highest BCUT2D eigenvalue weighted by atomic mass is 35.5. The maximum Gasteiger partial charge on any atom is 0.227 e. The lowest BCUT2D eigenvalue weighted by Gasteiger charge is -2.18. The Labute approximate surface area is 130 Å². The van der Waals surface area contributed by atoms with Crippen molar-refractivity contribution in [3.63, 3.8) is 0 Å². The average Bonchev–Trinajstić information content (AvgIpc) is 2.82. The van der Waals surface area contributed by atoms with Gasteiger partial charge in [-0.25, -0.2) is 0 Å². The van der Waals surface area contributed by atoms with E-state index < -0.39 is 0 Å². The number of nitrogens with one attached hydrogen (secondary N) is 1. The first-order chi connectivity index (χ1) is 10.0. The number of nitrogens with zero attached hydrogens (tertiary/aromatic N) is 1. The molecule has 0 radical (unpaired) electrons. The summed E-state index contributed by atoms with van der Waals surface area (Å²) in [6.45, 7) is 4.52. The highest BCUT2D eigenvalue weighted by Crippen LogP contribution is 2.26. The molecule has 5 heteroatoms. The van der Waals surface area contributed by atoms with E-state index in [0.29, 0.717) is 11.6 Å². The number of amides is 2. The Bertz CT molecular complexity index is 516. The number of rotatable bonds is 5. The van der Waals surface area contributed by atoms with Crippen LogP contribution in [0.5, 0.6) is 0 Å². The summed E-state index contributed by atoms with van der Waals surface area (Å²) < 4.78 is 0. The fraction of sp³-hybridized carbons (Fsp3) is 0.500. The van der Waals surface area contributed by atoms with Crippen LogP contribution in [0.15, 0.2) is 24.3 Å². The molecule has 21 heavy (non-hydrogen) atoms. The van der Waals surface area contributed by atoms with E-state index in [2.05, 4.69) is 12.2 Å². The molecule has 1 heterocycles. The second-order valence-corrected chi connectivity index (χ2v) is 6.02. The average molecular weight is 309 g/mol. The summed E-state index contributed by atoms with van der Waals surface area (Å²) in [5.41, 5.74) is 0.793. The van der Waals surface area contributed by atoms with E-state index in [1.165, 1.54) is 0 Å². The van der Waals surface area contributed by atoms with E-state index in [1.54, 1.807) is 29.2 Å². The molecule has 0 spiro atoms. The number of hydrogen-bond acceptors (Lipinski definition) is 2. The van der Waals surface area contributed by atoms with Crippen LogP contribution in [0, 0.1) is 5.92 Å². The zero-order valence-corrected chi connectivity index (χ0v) is 13.2. The summed E-state index contributed by atoms with van der Waals surface area (Å²) in [4.78, 5) is 26.0. The van der Waals surface area contributed by atoms with Crippen molar-refractivity contribution in [3.05, 3.63) is 29.3 Å². The molecule has 1 N–H and O–H groups in total. The van der Waals surface area contributed by atoms with Gasteiger partial charge < -0.3 is 10.2 Å². The summed E-state index contributed by atoms with van der Waals surface area (Å²) in [6.07, 6.45) is 2.25. The van der Waals surface area contributed by atoms with Gasteiger partial charge in [-0.05, 0) is 37.6 Å². The van der Waals surface area contributed by atoms with Gasteiger partial charge in [0, 0.05) is 29.7 Å². The van der Waals surface area contributed by atoms with Crippen LogP contribution in [-0.2, 0) is 9.59 Å².